The van der Waals surface area contributed by atoms with Gasteiger partial charge in [0.15, 0.2) is 0 Å². The second-order valence-electron chi connectivity index (χ2n) is 6.86. The Labute approximate surface area is 179 Å². The predicted molar refractivity (Wildman–Crippen MR) is 121 cm³/mol. The number of hydrogen-bond donors (Lipinski definition) is 4. The van der Waals surface area contributed by atoms with E-state index in [0.717, 1.165) is 11.3 Å². The monoisotopic (exact) mass is 411 g/mol. The van der Waals surface area contributed by atoms with Gasteiger partial charge in [0, 0.05) is 23.5 Å². The summed E-state index contributed by atoms with van der Waals surface area (Å²) in [6.07, 6.45) is 3.23. The molecule has 4 aromatic rings. The molecule has 4 rings (SSSR count). The van der Waals surface area contributed by atoms with Crippen molar-refractivity contribution in [3.05, 3.63) is 90.4 Å². The molecule has 0 fully saturated rings. The van der Waals surface area contributed by atoms with E-state index in [9.17, 15) is 5.11 Å². The van der Waals surface area contributed by atoms with E-state index in [2.05, 4.69) is 9.97 Å². The molecule has 0 bridgehead atoms. The van der Waals surface area contributed by atoms with Gasteiger partial charge in [-0.15, -0.1) is 0 Å². The first-order valence-corrected chi connectivity index (χ1v) is 9.59. The molecule has 154 valence electrons. The maximum Gasteiger partial charge on any atom is 0.127 e. The van der Waals surface area contributed by atoms with Crippen molar-refractivity contribution >= 4 is 11.5 Å². The second-order valence-corrected chi connectivity index (χ2v) is 6.86. The minimum Gasteiger partial charge on any atom is -0.457 e. The highest BCUT2D eigenvalue weighted by Gasteiger charge is 2.18. The fourth-order valence-corrected chi connectivity index (χ4v) is 3.30. The number of aromatic nitrogens is 2. The van der Waals surface area contributed by atoms with E-state index < -0.39 is 0 Å². The van der Waals surface area contributed by atoms with Crippen LogP contribution in [0, 0.1) is 5.41 Å². The molecule has 2 aromatic heterocycles. The lowest BCUT2D eigenvalue weighted by Gasteiger charge is -2.15. The zero-order valence-corrected chi connectivity index (χ0v) is 16.6. The Morgan fingerprint density at radius 2 is 1.65 bits per heavy atom. The molecule has 0 saturated carbocycles. The summed E-state index contributed by atoms with van der Waals surface area (Å²) in [5.74, 6) is 1.27. The molecule has 0 saturated heterocycles. The summed E-state index contributed by atoms with van der Waals surface area (Å²) in [4.78, 5) is 8.59. The van der Waals surface area contributed by atoms with Crippen molar-refractivity contribution in [2.75, 3.05) is 5.73 Å². The Hall–Kier alpha value is -4.23. The number of aliphatic hydroxyl groups is 1. The van der Waals surface area contributed by atoms with Crippen LogP contribution in [0.15, 0.2) is 79.1 Å². The number of nitrogens with two attached hydrogens (primary N) is 2. The lowest BCUT2D eigenvalue weighted by molar-refractivity contribution is 0.277. The van der Waals surface area contributed by atoms with E-state index in [0.29, 0.717) is 39.5 Å². The molecule has 0 atom stereocenters. The summed E-state index contributed by atoms with van der Waals surface area (Å²) in [6.45, 7) is -0.192. The predicted octanol–water partition coefficient (Wildman–Crippen LogP) is 3.96. The van der Waals surface area contributed by atoms with Crippen LogP contribution >= 0.6 is 0 Å². The summed E-state index contributed by atoms with van der Waals surface area (Å²) in [7, 11) is 0. The van der Waals surface area contributed by atoms with Crippen molar-refractivity contribution in [2.24, 2.45) is 5.73 Å². The van der Waals surface area contributed by atoms with Crippen LogP contribution in [0.25, 0.3) is 22.4 Å². The molecule has 0 aliphatic carbocycles. The van der Waals surface area contributed by atoms with Gasteiger partial charge in [-0.05, 0) is 42.0 Å². The fraction of sp³-hybridized carbons (Fsp3) is 0.0417. The van der Waals surface area contributed by atoms with Crippen LogP contribution in [0.1, 0.15) is 11.3 Å². The lowest BCUT2D eigenvalue weighted by atomic mass is 9.97. The number of rotatable bonds is 6. The van der Waals surface area contributed by atoms with E-state index in [1.807, 2.05) is 54.6 Å². The minimum atomic E-state index is -0.192. The molecular weight excluding hydrogens is 390 g/mol. The summed E-state index contributed by atoms with van der Waals surface area (Å²) in [5.41, 5.74) is 16.1. The van der Waals surface area contributed by atoms with Crippen LogP contribution in [0.4, 0.5) is 5.69 Å². The molecule has 0 unspecified atom stereocenters. The summed E-state index contributed by atoms with van der Waals surface area (Å²) < 4.78 is 5.84. The summed E-state index contributed by atoms with van der Waals surface area (Å²) in [5, 5.41) is 17.4. The Kier molecular flexibility index (Phi) is 5.59. The van der Waals surface area contributed by atoms with Gasteiger partial charge in [0.2, 0.25) is 0 Å². The number of hydrogen-bond acceptors (Lipinski definition) is 6. The Morgan fingerprint density at radius 1 is 0.935 bits per heavy atom. The zero-order valence-electron chi connectivity index (χ0n) is 16.6. The normalized spacial score (nSPS) is 10.6. The van der Waals surface area contributed by atoms with Gasteiger partial charge in [-0.3, -0.25) is 15.4 Å². The number of anilines is 1. The third-order valence-electron chi connectivity index (χ3n) is 4.78. The Bertz CT molecular complexity index is 1220. The van der Waals surface area contributed by atoms with E-state index >= 15 is 0 Å². The van der Waals surface area contributed by atoms with Gasteiger partial charge in [0.1, 0.15) is 17.3 Å². The van der Waals surface area contributed by atoms with Crippen molar-refractivity contribution in [3.8, 4) is 33.9 Å². The fourth-order valence-electron chi connectivity index (χ4n) is 3.30. The van der Waals surface area contributed by atoms with Gasteiger partial charge in [0.25, 0.3) is 0 Å². The molecule has 0 aliphatic heterocycles. The number of aliphatic hydroxyl groups excluding tert-OH is 1. The first-order chi connectivity index (χ1) is 15.1. The molecule has 0 amide bonds. The maximum atomic E-state index is 9.35. The molecule has 0 aliphatic rings. The van der Waals surface area contributed by atoms with E-state index in [1.54, 1.807) is 24.5 Å². The van der Waals surface area contributed by atoms with Gasteiger partial charge >= 0.3 is 0 Å². The Morgan fingerprint density at radius 3 is 2.32 bits per heavy atom. The van der Waals surface area contributed by atoms with Gasteiger partial charge < -0.3 is 21.3 Å². The third-order valence-corrected chi connectivity index (χ3v) is 4.78. The maximum absolute atomic E-state index is 9.35. The smallest absolute Gasteiger partial charge is 0.127 e. The SMILES string of the molecule is N=C(N)c1c(-c2ccc(Oc3ccccc3)cc2)cnc(-c2ccnc(CO)c2)c1N. The second kappa shape index (κ2) is 8.64. The number of benzene rings is 2. The number of nitrogens with zero attached hydrogens (tertiary/aromatic N) is 2. The molecule has 31 heavy (non-hydrogen) atoms. The first kappa shape index (κ1) is 20.1. The minimum absolute atomic E-state index is 0.155. The highest BCUT2D eigenvalue weighted by Crippen LogP contribution is 2.34. The van der Waals surface area contributed by atoms with E-state index in [1.165, 1.54) is 0 Å². The Balaban J connectivity index is 1.71. The summed E-state index contributed by atoms with van der Waals surface area (Å²) in [6, 6.07) is 20.4. The van der Waals surface area contributed by atoms with E-state index in [-0.39, 0.29) is 12.4 Å². The average molecular weight is 411 g/mol. The standard InChI is InChI=1S/C24H21N5O2/c25-22-21(24(26)27)20(13-29-23(22)16-10-11-28-17(12-16)14-30)15-6-8-19(9-7-15)31-18-4-2-1-3-5-18/h1-13,30H,14,25H2,(H3,26,27). The number of para-hydroxylation sites is 1. The lowest BCUT2D eigenvalue weighted by Crippen LogP contribution is -2.16. The number of pyridine rings is 2. The van der Waals surface area contributed by atoms with Gasteiger partial charge in [-0.1, -0.05) is 30.3 Å². The van der Waals surface area contributed by atoms with Crippen LogP contribution in [0.2, 0.25) is 0 Å². The van der Waals surface area contributed by atoms with Crippen LogP contribution in [-0.4, -0.2) is 20.9 Å². The molecular formula is C24H21N5O2. The molecule has 2 heterocycles. The highest BCUT2D eigenvalue weighted by molar-refractivity contribution is 6.08. The van der Waals surface area contributed by atoms with Gasteiger partial charge in [-0.25, -0.2) is 0 Å². The van der Waals surface area contributed by atoms with Crippen LogP contribution in [0.3, 0.4) is 0 Å². The van der Waals surface area contributed by atoms with Crippen molar-refractivity contribution in [2.45, 2.75) is 6.61 Å². The quantitative estimate of drug-likeness (QED) is 0.280. The van der Waals surface area contributed by atoms with Gasteiger partial charge in [0.05, 0.1) is 29.2 Å². The van der Waals surface area contributed by atoms with Crippen LogP contribution in [0.5, 0.6) is 11.5 Å². The molecule has 7 nitrogen and oxygen atoms in total. The average Bonchev–Trinajstić information content (AvgIpc) is 2.80. The first-order valence-electron chi connectivity index (χ1n) is 9.59. The number of nitrogen functional groups attached to an aromatic ring is 2. The third kappa shape index (κ3) is 4.22. The van der Waals surface area contributed by atoms with Crippen LogP contribution < -0.4 is 16.2 Å². The largest absolute Gasteiger partial charge is 0.457 e. The summed E-state index contributed by atoms with van der Waals surface area (Å²) >= 11 is 0. The zero-order chi connectivity index (χ0) is 21.8. The van der Waals surface area contributed by atoms with Crippen LogP contribution in [-0.2, 0) is 6.61 Å². The topological polar surface area (TPSA) is 131 Å². The molecule has 2 aromatic carbocycles. The molecule has 7 heteroatoms. The van der Waals surface area contributed by atoms with Crippen molar-refractivity contribution < 1.29 is 9.84 Å². The molecule has 0 spiro atoms. The molecule has 0 radical (unpaired) electrons. The van der Waals surface area contributed by atoms with E-state index in [4.69, 9.17) is 21.6 Å². The van der Waals surface area contributed by atoms with Gasteiger partial charge in [-0.2, -0.15) is 0 Å². The van der Waals surface area contributed by atoms with Crippen molar-refractivity contribution in [3.63, 3.8) is 0 Å². The van der Waals surface area contributed by atoms with Crippen molar-refractivity contribution in [1.29, 1.82) is 5.41 Å². The number of amidine groups is 1. The molecule has 6 N–H and O–H groups in total. The van der Waals surface area contributed by atoms with Crippen molar-refractivity contribution in [1.82, 2.24) is 9.97 Å². The number of ether oxygens (including phenoxy) is 1. The number of nitrogens with one attached hydrogen (secondary N) is 1. The highest BCUT2D eigenvalue weighted by atomic mass is 16.5.